The third kappa shape index (κ3) is 3.15. The van der Waals surface area contributed by atoms with Gasteiger partial charge in [-0.1, -0.05) is 0 Å². The Morgan fingerprint density at radius 2 is 1.95 bits per heavy atom. The molecule has 0 atom stereocenters. The molecule has 6 nitrogen and oxygen atoms in total. The number of aliphatic hydroxyl groups excluding tert-OH is 1. The number of nitrogens with two attached hydrogens (primary N) is 2. The quantitative estimate of drug-likeness (QED) is 0.636. The Hall–Kier alpha value is -1.79. The predicted molar refractivity (Wildman–Crippen MR) is 75.1 cm³/mol. The molecule has 0 aromatic heterocycles. The summed E-state index contributed by atoms with van der Waals surface area (Å²) in [6, 6.07) is 5.25. The van der Waals surface area contributed by atoms with E-state index >= 15 is 0 Å². The average molecular weight is 264 g/mol. The van der Waals surface area contributed by atoms with Crippen LogP contribution in [-0.4, -0.2) is 55.2 Å². The van der Waals surface area contributed by atoms with Crippen molar-refractivity contribution in [2.45, 2.75) is 0 Å². The molecule has 104 valence electrons. The Morgan fingerprint density at radius 1 is 1.26 bits per heavy atom. The van der Waals surface area contributed by atoms with E-state index in [9.17, 15) is 4.79 Å². The van der Waals surface area contributed by atoms with Crippen LogP contribution in [0, 0.1) is 0 Å². The molecule has 0 spiro atoms. The van der Waals surface area contributed by atoms with Gasteiger partial charge in [0.25, 0.3) is 5.91 Å². The van der Waals surface area contributed by atoms with E-state index in [0.717, 1.165) is 31.9 Å². The van der Waals surface area contributed by atoms with E-state index in [1.54, 1.807) is 12.1 Å². The van der Waals surface area contributed by atoms with Gasteiger partial charge in [-0.2, -0.15) is 0 Å². The second-order valence-electron chi connectivity index (χ2n) is 4.69. The monoisotopic (exact) mass is 264 g/mol. The van der Waals surface area contributed by atoms with Gasteiger partial charge in [0.1, 0.15) is 0 Å². The number of carbonyl (C=O) groups is 1. The maximum absolute atomic E-state index is 11.5. The molecule has 1 heterocycles. The number of nitrogen functional groups attached to an aromatic ring is 1. The molecule has 5 N–H and O–H groups in total. The zero-order valence-corrected chi connectivity index (χ0v) is 10.9. The van der Waals surface area contributed by atoms with E-state index < -0.39 is 5.91 Å². The van der Waals surface area contributed by atoms with E-state index in [4.69, 9.17) is 16.6 Å². The first-order valence-electron chi connectivity index (χ1n) is 6.39. The number of hydrogen-bond acceptors (Lipinski definition) is 5. The second-order valence-corrected chi connectivity index (χ2v) is 4.69. The van der Waals surface area contributed by atoms with Crippen LogP contribution >= 0.6 is 0 Å². The van der Waals surface area contributed by atoms with Crippen LogP contribution in [0.5, 0.6) is 0 Å². The molecule has 0 bridgehead atoms. The minimum atomic E-state index is -0.458. The highest BCUT2D eigenvalue weighted by Crippen LogP contribution is 2.24. The smallest absolute Gasteiger partial charge is 0.250 e. The molecule has 0 unspecified atom stereocenters. The summed E-state index contributed by atoms with van der Waals surface area (Å²) in [5.74, 6) is -0.458. The fraction of sp³-hybridized carbons (Fsp3) is 0.462. The van der Waals surface area contributed by atoms with Crippen molar-refractivity contribution in [2.24, 2.45) is 5.73 Å². The van der Waals surface area contributed by atoms with E-state index in [1.807, 2.05) is 6.07 Å². The number of anilines is 2. The Labute approximate surface area is 112 Å². The highest BCUT2D eigenvalue weighted by Gasteiger charge is 2.20. The summed E-state index contributed by atoms with van der Waals surface area (Å²) in [7, 11) is 0. The minimum Gasteiger partial charge on any atom is -0.399 e. The molecule has 2 rings (SSSR count). The first kappa shape index (κ1) is 13.6. The van der Waals surface area contributed by atoms with Crippen molar-refractivity contribution in [3.63, 3.8) is 0 Å². The summed E-state index contributed by atoms with van der Waals surface area (Å²) in [4.78, 5) is 15.8. The summed E-state index contributed by atoms with van der Waals surface area (Å²) in [6.45, 7) is 4.22. The third-order valence-corrected chi connectivity index (χ3v) is 3.42. The van der Waals surface area contributed by atoms with Crippen molar-refractivity contribution >= 4 is 17.3 Å². The predicted octanol–water partition coefficient (Wildman–Crippen LogP) is -0.518. The molecule has 19 heavy (non-hydrogen) atoms. The van der Waals surface area contributed by atoms with Crippen molar-refractivity contribution in [3.8, 4) is 0 Å². The second kappa shape index (κ2) is 5.90. The molecule has 0 aliphatic carbocycles. The van der Waals surface area contributed by atoms with Gasteiger partial charge in [0, 0.05) is 44.1 Å². The van der Waals surface area contributed by atoms with Gasteiger partial charge in [0.15, 0.2) is 0 Å². The lowest BCUT2D eigenvalue weighted by Crippen LogP contribution is -2.47. The summed E-state index contributed by atoms with van der Waals surface area (Å²) in [5.41, 5.74) is 12.9. The summed E-state index contributed by atoms with van der Waals surface area (Å²) in [6.07, 6.45) is 0. The molecule has 6 heteroatoms. The number of benzene rings is 1. The number of amides is 1. The van der Waals surface area contributed by atoms with Gasteiger partial charge in [-0.05, 0) is 18.2 Å². The number of β-amino-alcohol motifs (C(OH)–C–C–N with tert-alkyl or cyclic N) is 1. The SMILES string of the molecule is NC(=O)c1cc(N)ccc1N1CCN(CCO)CC1. The van der Waals surface area contributed by atoms with Gasteiger partial charge < -0.3 is 21.5 Å². The van der Waals surface area contributed by atoms with Gasteiger partial charge >= 0.3 is 0 Å². The zero-order valence-electron chi connectivity index (χ0n) is 10.9. The largest absolute Gasteiger partial charge is 0.399 e. The molecule has 1 fully saturated rings. The van der Waals surface area contributed by atoms with Crippen molar-refractivity contribution in [3.05, 3.63) is 23.8 Å². The number of aliphatic hydroxyl groups is 1. The topological polar surface area (TPSA) is 95.8 Å². The van der Waals surface area contributed by atoms with E-state index in [-0.39, 0.29) is 6.61 Å². The molecule has 1 amide bonds. The van der Waals surface area contributed by atoms with Crippen molar-refractivity contribution in [1.82, 2.24) is 4.90 Å². The van der Waals surface area contributed by atoms with Crippen molar-refractivity contribution in [1.29, 1.82) is 0 Å². The average Bonchev–Trinajstić information content (AvgIpc) is 2.40. The Balaban J connectivity index is 2.13. The van der Waals surface area contributed by atoms with Crippen LogP contribution in [0.4, 0.5) is 11.4 Å². The van der Waals surface area contributed by atoms with Crippen LogP contribution < -0.4 is 16.4 Å². The van der Waals surface area contributed by atoms with Gasteiger partial charge in [-0.15, -0.1) is 0 Å². The summed E-state index contributed by atoms with van der Waals surface area (Å²) < 4.78 is 0. The van der Waals surface area contributed by atoms with Crippen molar-refractivity contribution in [2.75, 3.05) is 50.0 Å². The lowest BCUT2D eigenvalue weighted by molar-refractivity contribution is 0.100. The van der Waals surface area contributed by atoms with Gasteiger partial charge in [-0.25, -0.2) is 0 Å². The van der Waals surface area contributed by atoms with Crippen LogP contribution in [-0.2, 0) is 0 Å². The maximum atomic E-state index is 11.5. The van der Waals surface area contributed by atoms with Crippen LogP contribution in [0.1, 0.15) is 10.4 Å². The summed E-state index contributed by atoms with van der Waals surface area (Å²) in [5, 5.41) is 8.92. The van der Waals surface area contributed by atoms with Gasteiger partial charge in [-0.3, -0.25) is 9.69 Å². The van der Waals surface area contributed by atoms with Crippen LogP contribution in [0.25, 0.3) is 0 Å². The molecule has 0 radical (unpaired) electrons. The number of hydrogen-bond donors (Lipinski definition) is 3. The lowest BCUT2D eigenvalue weighted by atomic mass is 10.1. The molecular weight excluding hydrogens is 244 g/mol. The Kier molecular flexibility index (Phi) is 4.24. The molecule has 0 saturated carbocycles. The molecule has 1 aliphatic heterocycles. The van der Waals surface area contributed by atoms with Crippen LogP contribution in [0.2, 0.25) is 0 Å². The highest BCUT2D eigenvalue weighted by atomic mass is 16.3. The molecular formula is C13H20N4O2. The first-order chi connectivity index (χ1) is 9.11. The van der Waals surface area contributed by atoms with Crippen molar-refractivity contribution < 1.29 is 9.90 Å². The Bertz CT molecular complexity index is 456. The van der Waals surface area contributed by atoms with E-state index in [2.05, 4.69) is 9.80 Å². The fourth-order valence-electron chi connectivity index (χ4n) is 2.38. The number of piperazine rings is 1. The number of carbonyl (C=O) groups excluding carboxylic acids is 1. The third-order valence-electron chi connectivity index (χ3n) is 3.42. The normalized spacial score (nSPS) is 16.6. The molecule has 1 aromatic rings. The summed E-state index contributed by atoms with van der Waals surface area (Å²) >= 11 is 0. The standard InChI is InChI=1S/C13H20N4O2/c14-10-1-2-12(11(9-10)13(15)19)17-5-3-16(4-6-17)7-8-18/h1-2,9,18H,3-8,14H2,(H2,15,19). The molecule has 1 aliphatic rings. The molecule has 1 saturated heterocycles. The lowest BCUT2D eigenvalue weighted by Gasteiger charge is -2.36. The van der Waals surface area contributed by atoms with E-state index in [1.165, 1.54) is 0 Å². The zero-order chi connectivity index (χ0) is 13.8. The van der Waals surface area contributed by atoms with Crippen LogP contribution in [0.15, 0.2) is 18.2 Å². The Morgan fingerprint density at radius 3 is 2.53 bits per heavy atom. The minimum absolute atomic E-state index is 0.175. The highest BCUT2D eigenvalue weighted by molar-refractivity contribution is 5.99. The maximum Gasteiger partial charge on any atom is 0.250 e. The first-order valence-corrected chi connectivity index (χ1v) is 6.39. The number of rotatable bonds is 4. The van der Waals surface area contributed by atoms with Gasteiger partial charge in [0.2, 0.25) is 0 Å². The van der Waals surface area contributed by atoms with E-state index in [0.29, 0.717) is 17.8 Å². The molecule has 1 aromatic carbocycles. The van der Waals surface area contributed by atoms with Crippen LogP contribution in [0.3, 0.4) is 0 Å². The number of nitrogens with zero attached hydrogens (tertiary/aromatic N) is 2. The number of primary amides is 1. The van der Waals surface area contributed by atoms with Gasteiger partial charge in [0.05, 0.1) is 12.2 Å². The fourth-order valence-corrected chi connectivity index (χ4v) is 2.38.